The fraction of sp³-hybridized carbons (Fsp3) is 0.818. The van der Waals surface area contributed by atoms with Gasteiger partial charge in [0, 0.05) is 17.8 Å². The lowest BCUT2D eigenvalue weighted by Gasteiger charge is -2.62. The molecule has 220 valence electrons. The summed E-state index contributed by atoms with van der Waals surface area (Å²) in [6.45, 7) is 21.1. The van der Waals surface area contributed by atoms with E-state index in [0.717, 1.165) is 38.5 Å². The van der Waals surface area contributed by atoms with Gasteiger partial charge in [0.15, 0.2) is 5.78 Å². The highest BCUT2D eigenvalue weighted by molar-refractivity contribution is 6.01. The maximum atomic E-state index is 13.0. The van der Waals surface area contributed by atoms with Gasteiger partial charge in [0.2, 0.25) is 5.91 Å². The predicted molar refractivity (Wildman–Crippen MR) is 155 cm³/mol. The summed E-state index contributed by atoms with van der Waals surface area (Å²) in [4.78, 5) is 38.6. The molecule has 0 aliphatic heterocycles. The highest BCUT2D eigenvalue weighted by atomic mass is 16.5. The number of hydroxylamine groups is 1. The molecule has 0 heterocycles. The summed E-state index contributed by atoms with van der Waals surface area (Å²) in [5.74, 6) is -0.518. The molecule has 6 heteroatoms. The van der Waals surface area contributed by atoms with Crippen molar-refractivity contribution in [2.45, 2.75) is 127 Å². The van der Waals surface area contributed by atoms with Crippen molar-refractivity contribution in [1.82, 2.24) is 5.48 Å². The largest absolute Gasteiger partial charge is 0.300 e. The van der Waals surface area contributed by atoms with Gasteiger partial charge in [-0.2, -0.15) is 5.26 Å². The zero-order valence-electron chi connectivity index (χ0n) is 26.3. The van der Waals surface area contributed by atoms with E-state index in [9.17, 15) is 24.9 Å². The van der Waals surface area contributed by atoms with E-state index in [1.807, 2.05) is 25.4 Å². The number of carbonyl (C=O) groups excluding carboxylic acids is 3. The van der Waals surface area contributed by atoms with Crippen LogP contribution in [0.2, 0.25) is 0 Å². The first-order chi connectivity index (χ1) is 17.8. The molecule has 2 aliphatic carbocycles. The lowest BCUT2D eigenvalue weighted by molar-refractivity contribution is -0.147. The Morgan fingerprint density at radius 2 is 1.69 bits per heavy atom. The Balaban J connectivity index is 2.46. The summed E-state index contributed by atoms with van der Waals surface area (Å²) in [6, 6.07) is 2.14. The number of hydrogen-bond acceptors (Lipinski definition) is 5. The number of nitrogens with one attached hydrogen (secondary N) is 1. The molecule has 0 aromatic heterocycles. The summed E-state index contributed by atoms with van der Waals surface area (Å²) in [6.07, 6.45) is 9.12. The maximum absolute atomic E-state index is 13.0. The van der Waals surface area contributed by atoms with Gasteiger partial charge >= 0.3 is 0 Å². The molecule has 0 radical (unpaired) electrons. The molecule has 1 amide bonds. The molecule has 0 aromatic carbocycles. The van der Waals surface area contributed by atoms with Gasteiger partial charge in [-0.25, -0.2) is 5.48 Å². The van der Waals surface area contributed by atoms with Crippen molar-refractivity contribution < 1.29 is 19.6 Å². The van der Waals surface area contributed by atoms with Crippen LogP contribution in [0.25, 0.3) is 0 Å². The van der Waals surface area contributed by atoms with Gasteiger partial charge in [0.25, 0.3) is 0 Å². The highest BCUT2D eigenvalue weighted by Crippen LogP contribution is 2.66. The van der Waals surface area contributed by atoms with Crippen molar-refractivity contribution in [3.05, 3.63) is 11.6 Å². The van der Waals surface area contributed by atoms with Crippen molar-refractivity contribution in [2.75, 3.05) is 0 Å². The monoisotopic (exact) mass is 542 g/mol. The van der Waals surface area contributed by atoms with E-state index in [-0.39, 0.29) is 57.0 Å². The van der Waals surface area contributed by atoms with Crippen LogP contribution in [0, 0.1) is 56.2 Å². The van der Waals surface area contributed by atoms with E-state index >= 15 is 0 Å². The molecule has 2 aliphatic rings. The molecule has 0 aromatic rings. The minimum Gasteiger partial charge on any atom is -0.300 e. The Morgan fingerprint density at radius 1 is 1.10 bits per heavy atom. The highest BCUT2D eigenvalue weighted by Gasteiger charge is 2.61. The fourth-order valence-corrected chi connectivity index (χ4v) is 8.10. The Kier molecular flexibility index (Phi) is 10.1. The molecule has 6 nitrogen and oxygen atoms in total. The SMILES string of the molecule is CCCC(C)(C)CC[C@@](C)(CCC(C)(C)[C@]1(C)CC[C@H]2[C@H](C)C(=O)C(C#N)=C[C@]2(C)[C@H]1CC(C)=O)C(=O)NO. The van der Waals surface area contributed by atoms with E-state index in [2.05, 4.69) is 54.5 Å². The number of ketones is 2. The number of allylic oxidation sites excluding steroid dienone is 2. The van der Waals surface area contributed by atoms with Gasteiger partial charge < -0.3 is 4.79 Å². The second-order valence-corrected chi connectivity index (χ2v) is 15.0. The number of fused-ring (bicyclic) bond motifs is 1. The average Bonchev–Trinajstić information content (AvgIpc) is 2.85. The second kappa shape index (κ2) is 11.9. The molecule has 1 saturated carbocycles. The van der Waals surface area contributed by atoms with Crippen molar-refractivity contribution in [3.8, 4) is 6.07 Å². The average molecular weight is 543 g/mol. The number of nitrogens with zero attached hydrogens (tertiary/aromatic N) is 1. The van der Waals surface area contributed by atoms with Crippen LogP contribution >= 0.6 is 0 Å². The first kappa shape index (κ1) is 33.2. The van der Waals surface area contributed by atoms with Gasteiger partial charge in [0.1, 0.15) is 11.9 Å². The molecule has 2 rings (SSSR count). The summed E-state index contributed by atoms with van der Waals surface area (Å²) < 4.78 is 0. The second-order valence-electron chi connectivity index (χ2n) is 15.0. The zero-order valence-corrected chi connectivity index (χ0v) is 26.3. The summed E-state index contributed by atoms with van der Waals surface area (Å²) >= 11 is 0. The Bertz CT molecular complexity index is 1020. The van der Waals surface area contributed by atoms with Gasteiger partial charge in [-0.3, -0.25) is 14.8 Å². The predicted octanol–water partition coefficient (Wildman–Crippen LogP) is 7.60. The molecule has 0 bridgehead atoms. The van der Waals surface area contributed by atoms with E-state index < -0.39 is 10.8 Å². The summed E-state index contributed by atoms with van der Waals surface area (Å²) in [5, 5.41) is 19.4. The molecule has 0 unspecified atom stereocenters. The van der Waals surface area contributed by atoms with Crippen molar-refractivity contribution >= 4 is 17.5 Å². The third-order valence-corrected chi connectivity index (χ3v) is 11.4. The number of nitriles is 1. The van der Waals surface area contributed by atoms with Gasteiger partial charge in [-0.05, 0) is 85.4 Å². The Labute approximate surface area is 237 Å². The minimum absolute atomic E-state index is 0.0449. The quantitative estimate of drug-likeness (QED) is 0.195. The summed E-state index contributed by atoms with van der Waals surface area (Å²) in [7, 11) is 0. The normalized spacial score (nSPS) is 31.0. The molecule has 2 N–H and O–H groups in total. The zero-order chi connectivity index (χ0) is 30.0. The number of carbonyl (C=O) groups is 3. The number of rotatable bonds is 12. The summed E-state index contributed by atoms with van der Waals surface area (Å²) in [5.41, 5.74) is 0.598. The van der Waals surface area contributed by atoms with Gasteiger partial charge in [0.05, 0.1) is 5.57 Å². The number of Topliss-reactive ketones (excluding diaryl/α,β-unsaturated/α-hetero) is 2. The molecule has 6 atom stereocenters. The Hall–Kier alpha value is -2.00. The van der Waals surface area contributed by atoms with Gasteiger partial charge in [-0.1, -0.05) is 74.8 Å². The first-order valence-corrected chi connectivity index (χ1v) is 15.0. The van der Waals surface area contributed by atoms with Crippen LogP contribution in [-0.4, -0.2) is 22.7 Å². The smallest absolute Gasteiger partial charge is 0.249 e. The fourth-order valence-electron chi connectivity index (χ4n) is 8.10. The van der Waals surface area contributed by atoms with Gasteiger partial charge in [-0.15, -0.1) is 0 Å². The first-order valence-electron chi connectivity index (χ1n) is 15.0. The molecule has 0 spiro atoms. The third kappa shape index (κ3) is 6.50. The van der Waals surface area contributed by atoms with Crippen LogP contribution in [0.15, 0.2) is 11.6 Å². The van der Waals surface area contributed by atoms with Crippen LogP contribution in [0.5, 0.6) is 0 Å². The number of amides is 1. The van der Waals surface area contributed by atoms with E-state index in [1.54, 1.807) is 6.92 Å². The number of hydrogen-bond donors (Lipinski definition) is 2. The van der Waals surface area contributed by atoms with Crippen molar-refractivity contribution in [2.24, 2.45) is 44.8 Å². The van der Waals surface area contributed by atoms with E-state index in [1.165, 1.54) is 0 Å². The third-order valence-electron chi connectivity index (χ3n) is 11.4. The molecule has 1 fully saturated rings. The van der Waals surface area contributed by atoms with Crippen molar-refractivity contribution in [1.29, 1.82) is 5.26 Å². The van der Waals surface area contributed by atoms with Crippen molar-refractivity contribution in [3.63, 3.8) is 0 Å². The topological polar surface area (TPSA) is 107 Å². The Morgan fingerprint density at radius 3 is 2.21 bits per heavy atom. The van der Waals surface area contributed by atoms with Crippen LogP contribution in [0.4, 0.5) is 0 Å². The van der Waals surface area contributed by atoms with Crippen LogP contribution < -0.4 is 5.48 Å². The minimum atomic E-state index is -0.718. The van der Waals surface area contributed by atoms with Crippen LogP contribution in [-0.2, 0) is 14.4 Å². The molecule has 39 heavy (non-hydrogen) atoms. The lowest BCUT2D eigenvalue weighted by Crippen LogP contribution is -2.57. The van der Waals surface area contributed by atoms with Crippen LogP contribution in [0.3, 0.4) is 0 Å². The van der Waals surface area contributed by atoms with E-state index in [4.69, 9.17) is 0 Å². The van der Waals surface area contributed by atoms with Crippen LogP contribution in [0.1, 0.15) is 127 Å². The molecular weight excluding hydrogens is 488 g/mol. The maximum Gasteiger partial charge on any atom is 0.249 e. The standard InChI is InChI=1S/C33H54N2O4/c1-11-13-29(4,5)15-17-31(8,28(38)35-39)18-16-30(6,7)33(10)14-12-25-23(3)27(37)24(21-34)20-32(25,9)26(33)19-22(2)36/h20,23,25-26,39H,11-19H2,1-10H3,(H,35,38)/t23-,25-,26+,31-,32-,33+/m0/s1. The molecule has 0 saturated heterocycles. The van der Waals surface area contributed by atoms with E-state index in [0.29, 0.717) is 19.3 Å². The molecular formula is C33H54N2O4. The lowest BCUT2D eigenvalue weighted by atomic mass is 9.41.